The van der Waals surface area contributed by atoms with Gasteiger partial charge in [-0.3, -0.25) is 9.59 Å². The monoisotopic (exact) mass is 281 g/mol. The summed E-state index contributed by atoms with van der Waals surface area (Å²) in [5.74, 6) is -1.93. The molecule has 0 aliphatic carbocycles. The molecule has 0 radical (unpaired) electrons. The molecule has 1 aromatic rings. The van der Waals surface area contributed by atoms with Gasteiger partial charge in [0.15, 0.2) is 11.6 Å². The highest BCUT2D eigenvalue weighted by Gasteiger charge is 2.30. The van der Waals surface area contributed by atoms with Crippen molar-refractivity contribution in [3.05, 3.63) is 29.6 Å². The topological polar surface area (TPSA) is 66.8 Å². The lowest BCUT2D eigenvalue weighted by Crippen LogP contribution is -2.31. The lowest BCUT2D eigenvalue weighted by atomic mass is 10.1. The minimum Gasteiger partial charge on any atom is -0.494 e. The molecule has 0 bridgehead atoms. The third-order valence-electron chi connectivity index (χ3n) is 3.46. The maximum atomic E-state index is 13.5. The molecule has 2 rings (SSSR count). The summed E-state index contributed by atoms with van der Waals surface area (Å²) in [5, 5.41) is 8.90. The number of hydrogen-bond donors (Lipinski definition) is 1. The van der Waals surface area contributed by atoms with Crippen molar-refractivity contribution in [3.63, 3.8) is 0 Å². The van der Waals surface area contributed by atoms with E-state index in [1.54, 1.807) is 6.07 Å². The van der Waals surface area contributed by atoms with Gasteiger partial charge in [-0.1, -0.05) is 6.07 Å². The first-order valence-corrected chi connectivity index (χ1v) is 6.34. The second kappa shape index (κ2) is 5.90. The van der Waals surface area contributed by atoms with E-state index in [9.17, 15) is 14.0 Å². The second-order valence-electron chi connectivity index (χ2n) is 4.81. The van der Waals surface area contributed by atoms with Crippen LogP contribution < -0.4 is 4.74 Å². The Morgan fingerprint density at radius 1 is 1.50 bits per heavy atom. The summed E-state index contributed by atoms with van der Waals surface area (Å²) in [5.41, 5.74) is 0.548. The van der Waals surface area contributed by atoms with Crippen molar-refractivity contribution in [3.8, 4) is 5.75 Å². The number of carbonyl (C=O) groups is 2. The van der Waals surface area contributed by atoms with Crippen LogP contribution in [0.1, 0.15) is 12.0 Å². The number of aliphatic carboxylic acids is 1. The summed E-state index contributed by atoms with van der Waals surface area (Å²) in [6.45, 7) is 0.668. The van der Waals surface area contributed by atoms with Crippen LogP contribution in [-0.4, -0.2) is 42.1 Å². The average molecular weight is 281 g/mol. The number of amides is 1. The van der Waals surface area contributed by atoms with E-state index in [1.165, 1.54) is 24.1 Å². The number of carbonyl (C=O) groups excluding carboxylic acids is 1. The van der Waals surface area contributed by atoms with Crippen LogP contribution in [0.3, 0.4) is 0 Å². The normalized spacial score (nSPS) is 18.1. The van der Waals surface area contributed by atoms with E-state index >= 15 is 0 Å². The van der Waals surface area contributed by atoms with Crippen molar-refractivity contribution in [2.45, 2.75) is 12.8 Å². The Balaban J connectivity index is 1.98. The molecular formula is C14H16FNO4. The standard InChI is InChI=1S/C14H16FNO4/c1-20-12-3-2-9(6-11(12)15)7-13(17)16-5-4-10(8-16)14(18)19/h2-3,6,10H,4-5,7-8H2,1H3,(H,18,19). The number of nitrogens with zero attached hydrogens (tertiary/aromatic N) is 1. The van der Waals surface area contributed by atoms with E-state index in [0.717, 1.165) is 0 Å². The number of methoxy groups -OCH3 is 1. The van der Waals surface area contributed by atoms with Gasteiger partial charge in [-0.2, -0.15) is 0 Å². The first-order valence-electron chi connectivity index (χ1n) is 6.34. The molecule has 5 nitrogen and oxygen atoms in total. The Bertz CT molecular complexity index is 532. The van der Waals surface area contributed by atoms with Crippen LogP contribution in [0.15, 0.2) is 18.2 Å². The smallest absolute Gasteiger partial charge is 0.308 e. The van der Waals surface area contributed by atoms with Crippen LogP contribution in [-0.2, 0) is 16.0 Å². The van der Waals surface area contributed by atoms with Gasteiger partial charge >= 0.3 is 5.97 Å². The fourth-order valence-corrected chi connectivity index (χ4v) is 2.29. The zero-order valence-electron chi connectivity index (χ0n) is 11.1. The van der Waals surface area contributed by atoms with Gasteiger partial charge in [-0.05, 0) is 24.1 Å². The molecule has 1 atom stereocenters. The highest BCUT2D eigenvalue weighted by molar-refractivity contribution is 5.80. The molecule has 1 saturated heterocycles. The minimum absolute atomic E-state index is 0.0628. The van der Waals surface area contributed by atoms with Crippen LogP contribution in [0.2, 0.25) is 0 Å². The lowest BCUT2D eigenvalue weighted by Gasteiger charge is -2.16. The molecule has 1 unspecified atom stereocenters. The quantitative estimate of drug-likeness (QED) is 0.903. The molecule has 1 fully saturated rings. The number of hydrogen-bond acceptors (Lipinski definition) is 3. The summed E-state index contributed by atoms with van der Waals surface area (Å²) in [7, 11) is 1.37. The van der Waals surface area contributed by atoms with Crippen LogP contribution >= 0.6 is 0 Å². The van der Waals surface area contributed by atoms with E-state index in [0.29, 0.717) is 18.5 Å². The molecule has 0 saturated carbocycles. The number of likely N-dealkylation sites (tertiary alicyclic amines) is 1. The van der Waals surface area contributed by atoms with E-state index in [1.807, 2.05) is 0 Å². The molecule has 6 heteroatoms. The first-order chi connectivity index (χ1) is 9.51. The Morgan fingerprint density at radius 3 is 2.80 bits per heavy atom. The number of rotatable bonds is 4. The predicted molar refractivity (Wildman–Crippen MR) is 69.0 cm³/mol. The fourth-order valence-electron chi connectivity index (χ4n) is 2.29. The molecule has 20 heavy (non-hydrogen) atoms. The number of benzene rings is 1. The third-order valence-corrected chi connectivity index (χ3v) is 3.46. The predicted octanol–water partition coefficient (Wildman–Crippen LogP) is 1.31. The highest BCUT2D eigenvalue weighted by Crippen LogP contribution is 2.20. The summed E-state index contributed by atoms with van der Waals surface area (Å²) in [6, 6.07) is 4.37. The van der Waals surface area contributed by atoms with Gasteiger partial charge in [-0.15, -0.1) is 0 Å². The van der Waals surface area contributed by atoms with Gasteiger partial charge in [0.2, 0.25) is 5.91 Å². The number of halogens is 1. The Labute approximate surface area is 116 Å². The minimum atomic E-state index is -0.879. The van der Waals surface area contributed by atoms with Gasteiger partial charge in [-0.25, -0.2) is 4.39 Å². The van der Waals surface area contributed by atoms with Crippen molar-refractivity contribution in [1.29, 1.82) is 0 Å². The van der Waals surface area contributed by atoms with Crippen LogP contribution in [0.5, 0.6) is 5.75 Å². The fraction of sp³-hybridized carbons (Fsp3) is 0.429. The molecule has 108 valence electrons. The van der Waals surface area contributed by atoms with Crippen LogP contribution in [0, 0.1) is 11.7 Å². The Kier molecular flexibility index (Phi) is 4.22. The summed E-state index contributed by atoms with van der Waals surface area (Å²) < 4.78 is 18.3. The second-order valence-corrected chi connectivity index (χ2v) is 4.81. The maximum Gasteiger partial charge on any atom is 0.308 e. The van der Waals surface area contributed by atoms with Gasteiger partial charge < -0.3 is 14.7 Å². The van der Waals surface area contributed by atoms with Crippen molar-refractivity contribution >= 4 is 11.9 Å². The van der Waals surface area contributed by atoms with Crippen LogP contribution in [0.4, 0.5) is 4.39 Å². The molecule has 0 aromatic heterocycles. The van der Waals surface area contributed by atoms with Gasteiger partial charge in [0.1, 0.15) is 0 Å². The van der Waals surface area contributed by atoms with Crippen molar-refractivity contribution in [2.24, 2.45) is 5.92 Å². The van der Waals surface area contributed by atoms with E-state index in [2.05, 4.69) is 0 Å². The molecule has 1 aromatic carbocycles. The van der Waals surface area contributed by atoms with E-state index < -0.39 is 17.7 Å². The summed E-state index contributed by atoms with van der Waals surface area (Å²) in [6.07, 6.45) is 0.533. The van der Waals surface area contributed by atoms with Gasteiger partial charge in [0, 0.05) is 13.1 Å². The summed E-state index contributed by atoms with van der Waals surface area (Å²) >= 11 is 0. The highest BCUT2D eigenvalue weighted by atomic mass is 19.1. The van der Waals surface area contributed by atoms with Gasteiger partial charge in [0.25, 0.3) is 0 Å². The number of carboxylic acid groups (broad SMARTS) is 1. The number of ether oxygens (including phenoxy) is 1. The van der Waals surface area contributed by atoms with Crippen molar-refractivity contribution in [1.82, 2.24) is 4.90 Å². The van der Waals surface area contributed by atoms with E-state index in [-0.39, 0.29) is 24.6 Å². The van der Waals surface area contributed by atoms with Gasteiger partial charge in [0.05, 0.1) is 19.4 Å². The first kappa shape index (κ1) is 14.3. The largest absolute Gasteiger partial charge is 0.494 e. The van der Waals surface area contributed by atoms with Crippen LogP contribution in [0.25, 0.3) is 0 Å². The average Bonchev–Trinajstić information content (AvgIpc) is 2.88. The number of carboxylic acids is 1. The SMILES string of the molecule is COc1ccc(CC(=O)N2CCC(C(=O)O)C2)cc1F. The molecule has 1 heterocycles. The molecule has 1 amide bonds. The molecule has 1 aliphatic heterocycles. The zero-order chi connectivity index (χ0) is 14.7. The molecular weight excluding hydrogens is 265 g/mol. The molecule has 1 N–H and O–H groups in total. The maximum absolute atomic E-state index is 13.5. The zero-order valence-corrected chi connectivity index (χ0v) is 11.1. The Morgan fingerprint density at radius 2 is 2.25 bits per heavy atom. The lowest BCUT2D eigenvalue weighted by molar-refractivity contribution is -0.141. The molecule has 1 aliphatic rings. The third kappa shape index (κ3) is 3.07. The summed E-state index contributed by atoms with van der Waals surface area (Å²) in [4.78, 5) is 24.4. The van der Waals surface area contributed by atoms with Crippen molar-refractivity contribution < 1.29 is 23.8 Å². The molecule has 0 spiro atoms. The van der Waals surface area contributed by atoms with E-state index in [4.69, 9.17) is 9.84 Å². The Hall–Kier alpha value is -2.11. The van der Waals surface area contributed by atoms with Crippen molar-refractivity contribution in [2.75, 3.05) is 20.2 Å².